The van der Waals surface area contributed by atoms with Gasteiger partial charge in [0, 0.05) is 6.54 Å². The maximum absolute atomic E-state index is 12.5. The Balaban J connectivity index is 1.66. The maximum Gasteiger partial charge on any atom is 0.334 e. The van der Waals surface area contributed by atoms with Crippen molar-refractivity contribution in [2.24, 2.45) is 0 Å². The van der Waals surface area contributed by atoms with E-state index in [-0.39, 0.29) is 13.1 Å². The van der Waals surface area contributed by atoms with Gasteiger partial charge in [-0.1, -0.05) is 23.8 Å². The van der Waals surface area contributed by atoms with Gasteiger partial charge in [-0.15, -0.1) is 0 Å². The molecule has 4 amide bonds. The molecule has 0 unspecified atom stereocenters. The van der Waals surface area contributed by atoms with Gasteiger partial charge in [-0.2, -0.15) is 5.26 Å². The zero-order chi connectivity index (χ0) is 17.8. The Morgan fingerprint density at radius 3 is 2.36 bits per heavy atom. The standard InChI is InChI=1S/C19H19N3O3/c20-12-15-6-8-16(9-7-15)13-22-18(24)17(23)21(19(22)25)11-10-14-4-2-1-3-5-14/h4,6-9H,1-3,5,10-11,13H2. The lowest BCUT2D eigenvalue weighted by Crippen LogP contribution is -2.34. The van der Waals surface area contributed by atoms with E-state index in [4.69, 9.17) is 5.26 Å². The van der Waals surface area contributed by atoms with Crippen molar-refractivity contribution in [2.75, 3.05) is 6.54 Å². The van der Waals surface area contributed by atoms with Crippen LogP contribution in [0.1, 0.15) is 43.2 Å². The highest BCUT2D eigenvalue weighted by molar-refractivity contribution is 6.44. The van der Waals surface area contributed by atoms with Gasteiger partial charge in [-0.05, 0) is 49.8 Å². The second-order valence-corrected chi connectivity index (χ2v) is 6.30. The van der Waals surface area contributed by atoms with Crippen LogP contribution in [-0.4, -0.2) is 34.2 Å². The smallest absolute Gasteiger partial charge is 0.263 e. The molecule has 3 rings (SSSR count). The molecule has 0 radical (unpaired) electrons. The molecule has 1 heterocycles. The van der Waals surface area contributed by atoms with Crippen LogP contribution in [0.4, 0.5) is 4.79 Å². The average Bonchev–Trinajstić information content (AvgIpc) is 2.85. The molecule has 1 aliphatic carbocycles. The Morgan fingerprint density at radius 2 is 1.72 bits per heavy atom. The average molecular weight is 337 g/mol. The van der Waals surface area contributed by atoms with Gasteiger partial charge >= 0.3 is 17.8 Å². The van der Waals surface area contributed by atoms with Crippen molar-refractivity contribution >= 4 is 17.8 Å². The molecule has 1 aromatic rings. The monoisotopic (exact) mass is 337 g/mol. The number of carbonyl (C=O) groups is 3. The predicted molar refractivity (Wildman–Crippen MR) is 90.0 cm³/mol. The van der Waals surface area contributed by atoms with Gasteiger partial charge in [0.05, 0.1) is 18.2 Å². The first-order chi connectivity index (χ1) is 12.1. The highest BCUT2D eigenvalue weighted by Crippen LogP contribution is 2.22. The van der Waals surface area contributed by atoms with Crippen molar-refractivity contribution in [3.8, 4) is 6.07 Å². The summed E-state index contributed by atoms with van der Waals surface area (Å²) in [7, 11) is 0. The molecule has 0 N–H and O–H groups in total. The number of nitriles is 1. The summed E-state index contributed by atoms with van der Waals surface area (Å²) in [6.07, 6.45) is 7.17. The van der Waals surface area contributed by atoms with Crippen LogP contribution in [0.3, 0.4) is 0 Å². The second kappa shape index (κ2) is 7.31. The molecule has 0 spiro atoms. The number of amides is 4. The Morgan fingerprint density at radius 1 is 1.00 bits per heavy atom. The van der Waals surface area contributed by atoms with E-state index in [2.05, 4.69) is 6.08 Å². The highest BCUT2D eigenvalue weighted by Gasteiger charge is 2.44. The fraction of sp³-hybridized carbons (Fsp3) is 0.368. The summed E-state index contributed by atoms with van der Waals surface area (Å²) in [6.45, 7) is 0.285. The number of benzene rings is 1. The molecule has 1 aliphatic heterocycles. The maximum atomic E-state index is 12.5. The molecule has 0 bridgehead atoms. The zero-order valence-electron chi connectivity index (χ0n) is 13.9. The van der Waals surface area contributed by atoms with Crippen molar-refractivity contribution in [3.05, 3.63) is 47.0 Å². The molecular weight excluding hydrogens is 318 g/mol. The summed E-state index contributed by atoms with van der Waals surface area (Å²) in [4.78, 5) is 38.8. The van der Waals surface area contributed by atoms with Crippen molar-refractivity contribution in [1.82, 2.24) is 9.80 Å². The first kappa shape index (κ1) is 16.9. The summed E-state index contributed by atoms with van der Waals surface area (Å²) in [5.41, 5.74) is 2.46. The van der Waals surface area contributed by atoms with E-state index in [9.17, 15) is 14.4 Å². The minimum atomic E-state index is -0.785. The Bertz CT molecular complexity index is 774. The van der Waals surface area contributed by atoms with Crippen LogP contribution in [0.5, 0.6) is 0 Å². The van der Waals surface area contributed by atoms with Crippen molar-refractivity contribution < 1.29 is 14.4 Å². The summed E-state index contributed by atoms with van der Waals surface area (Å²) in [5.74, 6) is -1.54. The second-order valence-electron chi connectivity index (χ2n) is 6.30. The number of nitrogens with zero attached hydrogens (tertiary/aromatic N) is 3. The van der Waals surface area contributed by atoms with Gasteiger partial charge < -0.3 is 0 Å². The Hall–Kier alpha value is -2.94. The molecule has 25 heavy (non-hydrogen) atoms. The molecule has 0 saturated carbocycles. The lowest BCUT2D eigenvalue weighted by atomic mass is 9.97. The predicted octanol–water partition coefficient (Wildman–Crippen LogP) is 2.74. The number of hydrogen-bond donors (Lipinski definition) is 0. The highest BCUT2D eigenvalue weighted by atomic mass is 16.2. The van der Waals surface area contributed by atoms with E-state index in [1.807, 2.05) is 6.07 Å². The quantitative estimate of drug-likeness (QED) is 0.470. The van der Waals surface area contributed by atoms with E-state index in [0.29, 0.717) is 17.5 Å². The van der Waals surface area contributed by atoms with Crippen molar-refractivity contribution in [2.45, 2.75) is 38.6 Å². The van der Waals surface area contributed by atoms with E-state index < -0.39 is 17.8 Å². The van der Waals surface area contributed by atoms with Crippen molar-refractivity contribution in [3.63, 3.8) is 0 Å². The third kappa shape index (κ3) is 3.61. The van der Waals surface area contributed by atoms with E-state index in [1.165, 1.54) is 12.0 Å². The molecule has 0 aromatic heterocycles. The van der Waals surface area contributed by atoms with Gasteiger partial charge in [0.25, 0.3) is 0 Å². The number of urea groups is 1. The fourth-order valence-electron chi connectivity index (χ4n) is 3.14. The van der Waals surface area contributed by atoms with Gasteiger partial charge in [0.15, 0.2) is 0 Å². The summed E-state index contributed by atoms with van der Waals surface area (Å²) < 4.78 is 0. The normalized spacial score (nSPS) is 17.7. The number of rotatable bonds is 5. The molecule has 2 aliphatic rings. The molecule has 6 nitrogen and oxygen atoms in total. The summed E-state index contributed by atoms with van der Waals surface area (Å²) >= 11 is 0. The van der Waals surface area contributed by atoms with Crippen LogP contribution in [0.2, 0.25) is 0 Å². The molecule has 1 saturated heterocycles. The molecule has 128 valence electrons. The minimum absolute atomic E-state index is 0.0360. The van der Waals surface area contributed by atoms with E-state index >= 15 is 0 Å². The van der Waals surface area contributed by atoms with Crippen molar-refractivity contribution in [1.29, 1.82) is 5.26 Å². The van der Waals surface area contributed by atoms with Gasteiger partial charge in [0.1, 0.15) is 0 Å². The van der Waals surface area contributed by atoms with Crippen LogP contribution >= 0.6 is 0 Å². The van der Waals surface area contributed by atoms with Crippen LogP contribution in [0.15, 0.2) is 35.9 Å². The first-order valence-corrected chi connectivity index (χ1v) is 8.44. The van der Waals surface area contributed by atoms with E-state index in [1.54, 1.807) is 24.3 Å². The number of hydrogen-bond acceptors (Lipinski definition) is 4. The van der Waals surface area contributed by atoms with Crippen LogP contribution < -0.4 is 0 Å². The zero-order valence-corrected chi connectivity index (χ0v) is 13.9. The fourth-order valence-corrected chi connectivity index (χ4v) is 3.14. The van der Waals surface area contributed by atoms with Crippen LogP contribution in [0, 0.1) is 11.3 Å². The molecular formula is C19H19N3O3. The molecule has 6 heteroatoms. The Labute approximate surface area is 146 Å². The van der Waals surface area contributed by atoms with Gasteiger partial charge in [0.2, 0.25) is 0 Å². The largest absolute Gasteiger partial charge is 0.334 e. The number of imide groups is 2. The topological polar surface area (TPSA) is 81.5 Å². The lowest BCUT2D eigenvalue weighted by molar-refractivity contribution is -0.143. The molecule has 1 fully saturated rings. The van der Waals surface area contributed by atoms with Crippen LogP contribution in [0.25, 0.3) is 0 Å². The van der Waals surface area contributed by atoms with Gasteiger partial charge in [-0.25, -0.2) is 4.79 Å². The third-order valence-corrected chi connectivity index (χ3v) is 4.60. The first-order valence-electron chi connectivity index (χ1n) is 8.44. The van der Waals surface area contributed by atoms with E-state index in [0.717, 1.165) is 29.1 Å². The summed E-state index contributed by atoms with van der Waals surface area (Å²) in [6, 6.07) is 8.05. The lowest BCUT2D eigenvalue weighted by Gasteiger charge is -2.18. The Kier molecular flexibility index (Phi) is 4.94. The minimum Gasteiger partial charge on any atom is -0.263 e. The van der Waals surface area contributed by atoms with Gasteiger partial charge in [-0.3, -0.25) is 19.4 Å². The molecule has 1 aromatic carbocycles. The third-order valence-electron chi connectivity index (χ3n) is 4.60. The summed E-state index contributed by atoms with van der Waals surface area (Å²) in [5, 5.41) is 8.81. The number of carbonyl (C=O) groups excluding carboxylic acids is 3. The van der Waals surface area contributed by atoms with Crippen LogP contribution in [-0.2, 0) is 16.1 Å². The number of allylic oxidation sites excluding steroid dienone is 1. The SMILES string of the molecule is N#Cc1ccc(CN2C(=O)C(=O)N(CCC3=CCCCC3)C2=O)cc1. The molecule has 0 atom stereocenters.